The minimum absolute atomic E-state index is 0.0362. The molecular weight excluding hydrogens is 516 g/mol. The van der Waals surface area contributed by atoms with E-state index in [-0.39, 0.29) is 11.9 Å². The number of benzene rings is 2. The van der Waals surface area contributed by atoms with E-state index in [2.05, 4.69) is 22.0 Å². The van der Waals surface area contributed by atoms with E-state index in [4.69, 9.17) is 25.8 Å². The number of halogens is 1. The second-order valence-corrected chi connectivity index (χ2v) is 10.4. The third-order valence-electron chi connectivity index (χ3n) is 7.30. The zero-order valence-electron chi connectivity index (χ0n) is 22.7. The quantitative estimate of drug-likeness (QED) is 0.296. The van der Waals surface area contributed by atoms with E-state index < -0.39 is 0 Å². The maximum Gasteiger partial charge on any atom is 0.273 e. The lowest BCUT2D eigenvalue weighted by Crippen LogP contribution is -2.38. The van der Waals surface area contributed by atoms with Crippen LogP contribution in [0.4, 0.5) is 0 Å². The molecule has 2 aromatic carbocycles. The number of hydrogen-bond acceptors (Lipinski definition) is 6. The van der Waals surface area contributed by atoms with E-state index in [0.29, 0.717) is 36.2 Å². The fourth-order valence-electron chi connectivity index (χ4n) is 5.30. The Hall–Kier alpha value is -3.07. The fraction of sp³-hybridized carbons (Fsp3) is 0.467. The Bertz CT molecular complexity index is 1260. The largest absolute Gasteiger partial charge is 0.490 e. The third kappa shape index (κ3) is 6.08. The van der Waals surface area contributed by atoms with Gasteiger partial charge in [0.25, 0.3) is 5.91 Å². The molecule has 1 aromatic heterocycles. The molecule has 1 unspecified atom stereocenters. The summed E-state index contributed by atoms with van der Waals surface area (Å²) in [5, 5.41) is 8.29. The van der Waals surface area contributed by atoms with E-state index >= 15 is 0 Å². The summed E-state index contributed by atoms with van der Waals surface area (Å²) in [4.78, 5) is 18.1. The summed E-state index contributed by atoms with van der Waals surface area (Å²) in [5.41, 5.74) is 4.07. The van der Waals surface area contributed by atoms with Crippen LogP contribution in [-0.2, 0) is 4.74 Å². The molecule has 3 aromatic rings. The number of morpholine rings is 1. The number of aromatic nitrogens is 2. The van der Waals surface area contributed by atoms with Crippen molar-refractivity contribution in [2.75, 3.05) is 52.6 Å². The smallest absolute Gasteiger partial charge is 0.273 e. The van der Waals surface area contributed by atoms with Crippen molar-refractivity contribution >= 4 is 17.5 Å². The number of carbonyl (C=O) groups excluding carboxylic acids is 1. The summed E-state index contributed by atoms with van der Waals surface area (Å²) < 4.78 is 17.5. The van der Waals surface area contributed by atoms with Crippen molar-refractivity contribution in [3.05, 3.63) is 64.3 Å². The molecule has 0 saturated carbocycles. The van der Waals surface area contributed by atoms with Crippen LogP contribution in [0.5, 0.6) is 11.5 Å². The highest BCUT2D eigenvalue weighted by atomic mass is 35.5. The van der Waals surface area contributed by atoms with Gasteiger partial charge in [-0.25, -0.2) is 0 Å². The molecule has 0 spiro atoms. The Morgan fingerprint density at radius 2 is 1.82 bits per heavy atom. The van der Waals surface area contributed by atoms with Crippen LogP contribution in [0.25, 0.3) is 11.3 Å². The van der Waals surface area contributed by atoms with Crippen LogP contribution < -0.4 is 9.47 Å². The van der Waals surface area contributed by atoms with E-state index in [9.17, 15) is 4.79 Å². The molecular formula is C30H37ClN4O4. The van der Waals surface area contributed by atoms with Gasteiger partial charge >= 0.3 is 0 Å². The van der Waals surface area contributed by atoms with Gasteiger partial charge in [0, 0.05) is 42.3 Å². The number of ether oxygens (including phenoxy) is 3. The zero-order valence-corrected chi connectivity index (χ0v) is 23.5. The van der Waals surface area contributed by atoms with Crippen LogP contribution in [0.3, 0.4) is 0 Å². The Balaban J connectivity index is 1.49. The van der Waals surface area contributed by atoms with E-state index in [0.717, 1.165) is 80.2 Å². The van der Waals surface area contributed by atoms with E-state index in [1.165, 1.54) is 0 Å². The molecule has 1 amide bonds. The molecule has 0 radical (unpaired) electrons. The number of rotatable bonds is 12. The highest BCUT2D eigenvalue weighted by Gasteiger charge is 2.42. The average molecular weight is 553 g/mol. The molecule has 2 aliphatic rings. The minimum atomic E-state index is -0.300. The van der Waals surface area contributed by atoms with Gasteiger partial charge in [0.2, 0.25) is 0 Å². The number of H-pyrrole nitrogens is 1. The SMILES string of the molecule is CCCCOc1ccc(C2c3c(-c4ccc(Cl)cc4)n[nH]c3C(=O)N2CCCN2CCOCC2)cc1OCC. The predicted molar refractivity (Wildman–Crippen MR) is 152 cm³/mol. The molecule has 0 aliphatic carbocycles. The first-order valence-electron chi connectivity index (χ1n) is 14.0. The Kier molecular flexibility index (Phi) is 9.06. The zero-order chi connectivity index (χ0) is 27.2. The van der Waals surface area contributed by atoms with Crippen molar-refractivity contribution < 1.29 is 19.0 Å². The summed E-state index contributed by atoms with van der Waals surface area (Å²) in [6.45, 7) is 10.2. The molecule has 8 nitrogen and oxygen atoms in total. The second kappa shape index (κ2) is 12.9. The first-order valence-corrected chi connectivity index (χ1v) is 14.3. The van der Waals surface area contributed by atoms with Crippen molar-refractivity contribution in [1.29, 1.82) is 0 Å². The van der Waals surface area contributed by atoms with Crippen molar-refractivity contribution in [1.82, 2.24) is 20.0 Å². The topological polar surface area (TPSA) is 79.9 Å². The molecule has 1 N–H and O–H groups in total. The molecule has 1 fully saturated rings. The van der Waals surface area contributed by atoms with Crippen LogP contribution in [0.2, 0.25) is 5.02 Å². The molecule has 5 rings (SSSR count). The van der Waals surface area contributed by atoms with Crippen LogP contribution in [-0.4, -0.2) is 78.5 Å². The molecule has 1 saturated heterocycles. The Labute approximate surface area is 235 Å². The monoisotopic (exact) mass is 552 g/mol. The van der Waals surface area contributed by atoms with Crippen molar-refractivity contribution in [2.24, 2.45) is 0 Å². The van der Waals surface area contributed by atoms with Gasteiger partial charge in [0.1, 0.15) is 5.69 Å². The van der Waals surface area contributed by atoms with Crippen LogP contribution in [0.15, 0.2) is 42.5 Å². The lowest BCUT2D eigenvalue weighted by Gasteiger charge is -2.30. The normalized spacial score (nSPS) is 17.5. The molecule has 39 heavy (non-hydrogen) atoms. The standard InChI is InChI=1S/C30H37ClN4O4/c1-3-5-17-39-24-12-9-22(20-25(24)38-4-2)29-26-27(21-7-10-23(31)11-8-21)32-33-28(26)30(36)35(29)14-6-13-34-15-18-37-19-16-34/h7-12,20,29H,3-6,13-19H2,1-2H3,(H,32,33). The number of amides is 1. The highest BCUT2D eigenvalue weighted by molar-refractivity contribution is 6.30. The number of nitrogens with zero attached hydrogens (tertiary/aromatic N) is 3. The third-order valence-corrected chi connectivity index (χ3v) is 7.55. The van der Waals surface area contributed by atoms with Crippen molar-refractivity contribution in [3.8, 4) is 22.8 Å². The first kappa shape index (κ1) is 27.5. The Morgan fingerprint density at radius 1 is 1.03 bits per heavy atom. The van der Waals surface area contributed by atoms with Gasteiger partial charge < -0.3 is 19.1 Å². The van der Waals surface area contributed by atoms with E-state index in [1.54, 1.807) is 0 Å². The van der Waals surface area contributed by atoms with Gasteiger partial charge in [0.05, 0.1) is 38.2 Å². The van der Waals surface area contributed by atoms with Gasteiger partial charge in [-0.2, -0.15) is 5.10 Å². The average Bonchev–Trinajstić information content (AvgIpc) is 3.50. The predicted octanol–water partition coefficient (Wildman–Crippen LogP) is 5.58. The van der Waals surface area contributed by atoms with Crippen LogP contribution in [0, 0.1) is 0 Å². The van der Waals surface area contributed by atoms with Gasteiger partial charge in [0.15, 0.2) is 11.5 Å². The molecule has 2 aliphatic heterocycles. The van der Waals surface area contributed by atoms with Gasteiger partial charge in [-0.1, -0.05) is 43.1 Å². The van der Waals surface area contributed by atoms with Crippen molar-refractivity contribution in [2.45, 2.75) is 39.2 Å². The number of fused-ring (bicyclic) bond motifs is 1. The number of carbonyl (C=O) groups is 1. The number of nitrogens with one attached hydrogen (secondary N) is 1. The molecule has 3 heterocycles. The lowest BCUT2D eigenvalue weighted by molar-refractivity contribution is 0.0354. The van der Waals surface area contributed by atoms with Gasteiger partial charge in [-0.3, -0.25) is 14.8 Å². The van der Waals surface area contributed by atoms with Gasteiger partial charge in [-0.05, 0) is 49.6 Å². The van der Waals surface area contributed by atoms with Crippen molar-refractivity contribution in [3.63, 3.8) is 0 Å². The summed E-state index contributed by atoms with van der Waals surface area (Å²) in [5.74, 6) is 1.38. The Morgan fingerprint density at radius 3 is 2.56 bits per heavy atom. The first-order chi connectivity index (χ1) is 19.1. The number of aromatic amines is 1. The number of hydrogen-bond donors (Lipinski definition) is 1. The summed E-state index contributed by atoms with van der Waals surface area (Å²) >= 11 is 6.16. The van der Waals surface area contributed by atoms with Crippen LogP contribution >= 0.6 is 11.6 Å². The number of unbranched alkanes of at least 4 members (excludes halogenated alkanes) is 1. The molecule has 1 atom stereocenters. The van der Waals surface area contributed by atoms with E-state index in [1.807, 2.05) is 54.3 Å². The van der Waals surface area contributed by atoms with Gasteiger partial charge in [-0.15, -0.1) is 0 Å². The summed E-state index contributed by atoms with van der Waals surface area (Å²) in [6, 6.07) is 13.3. The molecule has 208 valence electrons. The maximum atomic E-state index is 13.8. The molecule has 9 heteroatoms. The lowest BCUT2D eigenvalue weighted by atomic mass is 9.95. The highest BCUT2D eigenvalue weighted by Crippen LogP contribution is 2.44. The molecule has 0 bridgehead atoms. The maximum absolute atomic E-state index is 13.8. The van der Waals surface area contributed by atoms with Crippen LogP contribution in [0.1, 0.15) is 60.8 Å². The fourth-order valence-corrected chi connectivity index (χ4v) is 5.43. The summed E-state index contributed by atoms with van der Waals surface area (Å²) in [7, 11) is 0. The summed E-state index contributed by atoms with van der Waals surface area (Å²) in [6.07, 6.45) is 2.90. The minimum Gasteiger partial charge on any atom is -0.490 e. The second-order valence-electron chi connectivity index (χ2n) is 9.92.